The van der Waals surface area contributed by atoms with E-state index in [2.05, 4.69) is 41.7 Å². The van der Waals surface area contributed by atoms with Crippen LogP contribution in [0.1, 0.15) is 77.4 Å². The molecule has 71 heavy (non-hydrogen) atoms. The van der Waals surface area contributed by atoms with Crippen LogP contribution in [0, 0.1) is 0 Å². The van der Waals surface area contributed by atoms with Crippen molar-refractivity contribution >= 4 is 127 Å². The Morgan fingerprint density at radius 1 is 0.577 bits per heavy atom. The molecule has 0 aliphatic rings. The van der Waals surface area contributed by atoms with E-state index in [1.54, 1.807) is 31.2 Å². The molecule has 0 fully saturated rings. The molecule has 5 aromatic rings. The Kier molecular flexibility index (Phi) is 20.9. The number of hydrogen-bond donors (Lipinski definition) is 4. The Bertz CT molecular complexity index is 2860. The Morgan fingerprint density at radius 3 is 1.42 bits per heavy atom. The predicted molar refractivity (Wildman–Crippen MR) is 279 cm³/mol. The molecule has 3 unspecified atom stereocenters. The minimum atomic E-state index is -1.65. The summed E-state index contributed by atoms with van der Waals surface area (Å²) in [5.74, 6) is -2.47. The van der Waals surface area contributed by atoms with E-state index < -0.39 is 52.7 Å². The number of ketones is 2. The number of rotatable bonds is 23. The van der Waals surface area contributed by atoms with Crippen LogP contribution in [0.25, 0.3) is 0 Å². The van der Waals surface area contributed by atoms with Crippen LogP contribution >= 0.6 is 58.0 Å². The molecule has 21 heteroatoms. The Labute approximate surface area is 435 Å². The molecule has 0 radical (unpaired) electrons. The number of nitrogens with one attached hydrogen (secondary N) is 4. The highest BCUT2D eigenvalue weighted by atomic mass is 35.5. The van der Waals surface area contributed by atoms with Gasteiger partial charge in [0, 0.05) is 23.1 Å². The molecular formula is C50H49Cl5N8O8. The average molecular weight is 1070 g/mol. The maximum absolute atomic E-state index is 13.6. The van der Waals surface area contributed by atoms with Crippen molar-refractivity contribution in [1.82, 2.24) is 0 Å². The van der Waals surface area contributed by atoms with Crippen LogP contribution in [-0.2, 0) is 32.0 Å². The third kappa shape index (κ3) is 15.0. The molecule has 0 saturated carbocycles. The smallest absolute Gasteiger partial charge is 0.258 e. The zero-order chi connectivity index (χ0) is 51.8. The zero-order valence-corrected chi connectivity index (χ0v) is 42.9. The van der Waals surface area contributed by atoms with Crippen molar-refractivity contribution in [3.05, 3.63) is 129 Å². The van der Waals surface area contributed by atoms with Gasteiger partial charge < -0.3 is 30.7 Å². The fraction of sp³-hybridized carbons (Fsp3) is 0.280. The number of anilines is 4. The van der Waals surface area contributed by atoms with Crippen molar-refractivity contribution in [1.29, 1.82) is 0 Å². The molecule has 5 rings (SSSR count). The van der Waals surface area contributed by atoms with E-state index in [1.807, 2.05) is 26.0 Å². The lowest BCUT2D eigenvalue weighted by atomic mass is 10.1. The van der Waals surface area contributed by atoms with Gasteiger partial charge in [0.2, 0.25) is 12.1 Å². The number of carbonyl (C=O) groups is 6. The van der Waals surface area contributed by atoms with E-state index in [4.69, 9.17) is 67.5 Å². The normalized spacial score (nSPS) is 12.5. The molecule has 0 aliphatic heterocycles. The number of azo groups is 2. The molecule has 0 heterocycles. The number of carbonyl (C=O) groups excluding carboxylic acids is 6. The van der Waals surface area contributed by atoms with Crippen molar-refractivity contribution < 1.29 is 38.2 Å². The minimum Gasteiger partial charge on any atom is -0.492 e. The summed E-state index contributed by atoms with van der Waals surface area (Å²) >= 11 is 31.6. The lowest BCUT2D eigenvalue weighted by Gasteiger charge is -2.17. The zero-order valence-electron chi connectivity index (χ0n) is 39.1. The van der Waals surface area contributed by atoms with Crippen LogP contribution in [0.4, 0.5) is 34.1 Å². The monoisotopic (exact) mass is 1060 g/mol. The lowest BCUT2D eigenvalue weighted by molar-refractivity contribution is -0.127. The Hall–Kier alpha value is -6.43. The van der Waals surface area contributed by atoms with Gasteiger partial charge in [0.25, 0.3) is 23.6 Å². The number of ether oxygens (including phenoxy) is 2. The first-order valence-electron chi connectivity index (χ1n) is 22.0. The van der Waals surface area contributed by atoms with Gasteiger partial charge in [-0.25, -0.2) is 0 Å². The third-order valence-electron chi connectivity index (χ3n) is 10.2. The van der Waals surface area contributed by atoms with Crippen LogP contribution in [0.5, 0.6) is 11.5 Å². The lowest BCUT2D eigenvalue weighted by Crippen LogP contribution is -2.32. The minimum absolute atomic E-state index is 0.0107. The standard InChI is InChI=1S/C50H49Cl5N8O8/c1-6-70-41-24-30(20-22-51)14-17-37(41)58-47(66)33-10-8-12-39(43(33)54)60-62-45(28(4)64)49(68)56-32-16-19-36(35(26-32)27(3)53)57-50(69)46(29(5)65)63-61-40-13-9-11-34(44(40)55)48(67)59-38-18-15-31(21-23-52)25-42(38)71-7-2/h8-19,24-27,45-46H,6-7,20-23H2,1-5H3,(H,56,68)(H,57,69)(H,58,66)(H,59,67). The molecule has 0 bridgehead atoms. The SMILES string of the molecule is CCOc1cc(CCCl)ccc1NC(=O)c1cccc(N=NC(C(C)=O)C(=O)Nc2ccc(NC(=O)C(N=Nc3cccc(C(=O)Nc4ccc(CCCl)cc4OCC)c3Cl)C(C)=O)c(C(C)Cl)c2)c1Cl. The van der Waals surface area contributed by atoms with Gasteiger partial charge in [0.15, 0.2) is 11.6 Å². The summed E-state index contributed by atoms with van der Waals surface area (Å²) in [5.41, 5.74) is 3.45. The number of benzene rings is 5. The van der Waals surface area contributed by atoms with Crippen molar-refractivity contribution in [3.8, 4) is 11.5 Å². The van der Waals surface area contributed by atoms with E-state index >= 15 is 0 Å². The van der Waals surface area contributed by atoms with E-state index in [1.165, 1.54) is 54.6 Å². The summed E-state index contributed by atoms with van der Waals surface area (Å²) in [6.45, 7) is 8.26. The van der Waals surface area contributed by atoms with Gasteiger partial charge in [0.05, 0.1) is 51.1 Å². The van der Waals surface area contributed by atoms with E-state index in [-0.39, 0.29) is 43.9 Å². The highest BCUT2D eigenvalue weighted by molar-refractivity contribution is 6.37. The first-order valence-corrected chi connectivity index (χ1v) is 24.3. The van der Waals surface area contributed by atoms with Gasteiger partial charge in [-0.15, -0.1) is 34.8 Å². The first-order chi connectivity index (χ1) is 34.0. The second-order valence-electron chi connectivity index (χ2n) is 15.4. The number of Topliss-reactive ketones (excluding diaryl/α,β-unsaturated/α-hetero) is 2. The number of aryl methyl sites for hydroxylation is 2. The summed E-state index contributed by atoms with van der Waals surface area (Å²) in [4.78, 5) is 79.4. The Balaban J connectivity index is 1.28. The number of nitrogens with zero attached hydrogens (tertiary/aromatic N) is 4. The number of alkyl halides is 3. The molecule has 3 atom stereocenters. The van der Waals surface area contributed by atoms with Gasteiger partial charge in [-0.2, -0.15) is 20.5 Å². The maximum atomic E-state index is 13.6. The fourth-order valence-electron chi connectivity index (χ4n) is 6.71. The maximum Gasteiger partial charge on any atom is 0.258 e. The molecule has 372 valence electrons. The van der Waals surface area contributed by atoms with E-state index in [9.17, 15) is 28.8 Å². The van der Waals surface area contributed by atoms with Gasteiger partial charge in [-0.3, -0.25) is 28.8 Å². The molecule has 0 saturated heterocycles. The van der Waals surface area contributed by atoms with Crippen molar-refractivity contribution in [2.24, 2.45) is 20.5 Å². The molecule has 0 aliphatic carbocycles. The molecule has 5 aromatic carbocycles. The predicted octanol–water partition coefficient (Wildman–Crippen LogP) is 12.5. The molecule has 4 amide bonds. The van der Waals surface area contributed by atoms with Crippen LogP contribution < -0.4 is 30.7 Å². The molecule has 4 N–H and O–H groups in total. The summed E-state index contributed by atoms with van der Waals surface area (Å²) < 4.78 is 11.5. The van der Waals surface area contributed by atoms with Crippen molar-refractivity contribution in [3.63, 3.8) is 0 Å². The topological polar surface area (TPSA) is 218 Å². The largest absolute Gasteiger partial charge is 0.492 e. The second-order valence-corrected chi connectivity index (χ2v) is 17.6. The highest BCUT2D eigenvalue weighted by Gasteiger charge is 2.27. The van der Waals surface area contributed by atoms with Crippen LogP contribution in [0.15, 0.2) is 111 Å². The van der Waals surface area contributed by atoms with E-state index in [0.717, 1.165) is 25.0 Å². The first kappa shape index (κ1) is 55.5. The van der Waals surface area contributed by atoms with Crippen LogP contribution in [0.3, 0.4) is 0 Å². The highest BCUT2D eigenvalue weighted by Crippen LogP contribution is 2.35. The Morgan fingerprint density at radius 2 is 1.01 bits per heavy atom. The van der Waals surface area contributed by atoms with Crippen LogP contribution in [-0.4, -0.2) is 72.3 Å². The van der Waals surface area contributed by atoms with Gasteiger partial charge in [0.1, 0.15) is 22.9 Å². The van der Waals surface area contributed by atoms with Gasteiger partial charge in [-0.05, 0) is 131 Å². The molecular weight excluding hydrogens is 1020 g/mol. The van der Waals surface area contributed by atoms with E-state index in [0.29, 0.717) is 66.3 Å². The van der Waals surface area contributed by atoms with Gasteiger partial charge in [-0.1, -0.05) is 47.5 Å². The van der Waals surface area contributed by atoms with Gasteiger partial charge >= 0.3 is 0 Å². The van der Waals surface area contributed by atoms with Crippen molar-refractivity contribution in [2.75, 3.05) is 46.2 Å². The molecule has 0 aromatic heterocycles. The number of halogens is 5. The van der Waals surface area contributed by atoms with Crippen LogP contribution in [0.2, 0.25) is 10.0 Å². The number of amides is 4. The fourth-order valence-corrected chi connectivity index (χ4v) is 7.83. The number of hydrogen-bond acceptors (Lipinski definition) is 12. The molecule has 0 spiro atoms. The van der Waals surface area contributed by atoms with Crippen molar-refractivity contribution in [2.45, 2.75) is 64.9 Å². The summed E-state index contributed by atoms with van der Waals surface area (Å²) in [6.07, 6.45) is 1.22. The quantitative estimate of drug-likeness (QED) is 0.0279. The average Bonchev–Trinajstić information content (AvgIpc) is 3.32. The summed E-state index contributed by atoms with van der Waals surface area (Å²) in [7, 11) is 0. The summed E-state index contributed by atoms with van der Waals surface area (Å²) in [6, 6.07) is 20.6. The third-order valence-corrected chi connectivity index (χ3v) is 11.6. The second kappa shape index (κ2) is 26.7. The summed E-state index contributed by atoms with van der Waals surface area (Å²) in [5, 5.41) is 26.1. The molecule has 16 nitrogen and oxygen atoms in total.